The quantitative estimate of drug-likeness (QED) is 0.179. The Morgan fingerprint density at radius 2 is 1.48 bits per heavy atom. The lowest BCUT2D eigenvalue weighted by molar-refractivity contribution is -0.384. The molecule has 0 saturated carbocycles. The Kier molecular flexibility index (Phi) is 10.00. The summed E-state index contributed by atoms with van der Waals surface area (Å²) >= 11 is 0. The number of rotatable bonds is 11. The van der Waals surface area contributed by atoms with Gasteiger partial charge in [-0.2, -0.15) is 0 Å². The van der Waals surface area contributed by atoms with Gasteiger partial charge in [0.1, 0.15) is 18.7 Å². The zero-order valence-corrected chi connectivity index (χ0v) is 25.4. The maximum atomic E-state index is 13.6. The number of alkyl carbamates (subject to hydrolysis) is 1. The zero-order chi connectivity index (χ0) is 32.0. The summed E-state index contributed by atoms with van der Waals surface area (Å²) in [5, 5.41) is 16.3. The number of fused-ring (bicyclic) bond motifs is 3. The van der Waals surface area contributed by atoms with Crippen molar-refractivity contribution in [3.63, 3.8) is 0 Å². The highest BCUT2D eigenvalue weighted by Crippen LogP contribution is 2.44. The van der Waals surface area contributed by atoms with Gasteiger partial charge in [-0.3, -0.25) is 14.9 Å². The lowest BCUT2D eigenvalue weighted by Gasteiger charge is -2.31. The van der Waals surface area contributed by atoms with Gasteiger partial charge in [0.2, 0.25) is 5.91 Å². The predicted molar refractivity (Wildman–Crippen MR) is 163 cm³/mol. The van der Waals surface area contributed by atoms with Gasteiger partial charge in [0, 0.05) is 24.5 Å². The minimum atomic E-state index is -1.23. The van der Waals surface area contributed by atoms with Crippen molar-refractivity contribution in [3.8, 4) is 11.1 Å². The van der Waals surface area contributed by atoms with Crippen LogP contribution in [0.2, 0.25) is 0 Å². The molecule has 1 aliphatic carbocycles. The molecule has 3 unspecified atom stereocenters. The lowest BCUT2D eigenvalue weighted by Crippen LogP contribution is -2.57. The first kappa shape index (κ1) is 32.2. The second-order valence-corrected chi connectivity index (χ2v) is 11.6. The SMILES string of the molecule is COC(=O)C(Cc1ccc([N+](=O)[O-])cc1)NC(=O)C(NC(=O)OCC1c2ccccc2-c2ccccc21)C(C)OC(C)(C)C. The molecule has 0 saturated heterocycles. The summed E-state index contributed by atoms with van der Waals surface area (Å²) in [5.74, 6) is -1.58. The van der Waals surface area contributed by atoms with Gasteiger partial charge in [-0.1, -0.05) is 60.7 Å². The number of nitro groups is 1. The molecule has 0 radical (unpaired) electrons. The number of amides is 2. The number of nitrogens with zero attached hydrogens (tertiary/aromatic N) is 1. The number of carbonyl (C=O) groups is 3. The summed E-state index contributed by atoms with van der Waals surface area (Å²) in [6.45, 7) is 7.14. The first-order valence-corrected chi connectivity index (χ1v) is 14.3. The van der Waals surface area contributed by atoms with E-state index in [0.29, 0.717) is 5.56 Å². The van der Waals surface area contributed by atoms with E-state index in [1.165, 1.54) is 31.4 Å². The Bertz CT molecular complexity index is 1470. The summed E-state index contributed by atoms with van der Waals surface area (Å²) in [4.78, 5) is 49.9. The van der Waals surface area contributed by atoms with Crippen molar-refractivity contribution < 1.29 is 33.5 Å². The molecule has 1 aliphatic rings. The van der Waals surface area contributed by atoms with Gasteiger partial charge in [-0.25, -0.2) is 9.59 Å². The van der Waals surface area contributed by atoms with E-state index in [-0.39, 0.29) is 24.6 Å². The number of nitro benzene ring substituents is 1. The Morgan fingerprint density at radius 3 is 2.00 bits per heavy atom. The van der Waals surface area contributed by atoms with E-state index >= 15 is 0 Å². The number of hydrogen-bond donors (Lipinski definition) is 2. The van der Waals surface area contributed by atoms with E-state index in [4.69, 9.17) is 14.2 Å². The van der Waals surface area contributed by atoms with Crippen molar-refractivity contribution in [3.05, 3.63) is 99.6 Å². The minimum absolute atomic E-state index is 0.00256. The van der Waals surface area contributed by atoms with Gasteiger partial charge >= 0.3 is 12.1 Å². The largest absolute Gasteiger partial charge is 0.467 e. The molecule has 11 heteroatoms. The van der Waals surface area contributed by atoms with E-state index in [1.807, 2.05) is 69.3 Å². The van der Waals surface area contributed by atoms with E-state index in [2.05, 4.69) is 10.6 Å². The molecule has 2 N–H and O–H groups in total. The molecule has 0 aliphatic heterocycles. The molecule has 0 bridgehead atoms. The average molecular weight is 604 g/mol. The van der Waals surface area contributed by atoms with E-state index in [0.717, 1.165) is 22.3 Å². The van der Waals surface area contributed by atoms with Crippen molar-refractivity contribution in [2.45, 2.75) is 63.8 Å². The summed E-state index contributed by atoms with van der Waals surface area (Å²) in [7, 11) is 1.19. The fourth-order valence-corrected chi connectivity index (χ4v) is 5.38. The molecular weight excluding hydrogens is 566 g/mol. The molecule has 3 aromatic rings. The van der Waals surface area contributed by atoms with E-state index < -0.39 is 46.7 Å². The van der Waals surface area contributed by atoms with Crippen molar-refractivity contribution in [1.82, 2.24) is 10.6 Å². The van der Waals surface area contributed by atoms with Crippen molar-refractivity contribution in [1.29, 1.82) is 0 Å². The second kappa shape index (κ2) is 13.7. The second-order valence-electron chi connectivity index (χ2n) is 11.6. The highest BCUT2D eigenvalue weighted by Gasteiger charge is 2.35. The normalized spacial score (nSPS) is 14.4. The maximum Gasteiger partial charge on any atom is 0.407 e. The Hall–Kier alpha value is -4.77. The Morgan fingerprint density at radius 1 is 0.909 bits per heavy atom. The van der Waals surface area contributed by atoms with Gasteiger partial charge in [0.15, 0.2) is 0 Å². The van der Waals surface area contributed by atoms with Gasteiger partial charge < -0.3 is 24.8 Å². The third-order valence-electron chi connectivity index (χ3n) is 7.30. The molecule has 0 spiro atoms. The van der Waals surface area contributed by atoms with E-state index in [1.54, 1.807) is 6.92 Å². The number of non-ortho nitro benzene ring substituents is 1. The van der Waals surface area contributed by atoms with Crippen molar-refractivity contribution >= 4 is 23.7 Å². The number of esters is 1. The molecule has 4 rings (SSSR count). The summed E-state index contributed by atoms with van der Waals surface area (Å²) in [5.41, 5.74) is 4.08. The molecule has 0 fully saturated rings. The van der Waals surface area contributed by atoms with E-state index in [9.17, 15) is 24.5 Å². The summed E-state index contributed by atoms with van der Waals surface area (Å²) < 4.78 is 16.6. The fraction of sp³-hybridized carbons (Fsp3) is 0.364. The van der Waals surface area contributed by atoms with Crippen LogP contribution in [-0.4, -0.2) is 60.4 Å². The summed E-state index contributed by atoms with van der Waals surface area (Å²) in [6, 6.07) is 19.2. The minimum Gasteiger partial charge on any atom is -0.467 e. The van der Waals surface area contributed by atoms with Crippen LogP contribution < -0.4 is 10.6 Å². The molecule has 3 aromatic carbocycles. The number of benzene rings is 3. The van der Waals surface area contributed by atoms with Crippen LogP contribution >= 0.6 is 0 Å². The van der Waals surface area contributed by atoms with Gasteiger partial charge in [0.05, 0.1) is 23.7 Å². The standard InChI is InChI=1S/C33H37N3O8/c1-20(44-33(2,3)4)29(30(37)34-28(31(38)42-5)18-21-14-16-22(17-15-21)36(40)41)35-32(39)43-19-27-25-12-8-6-10-23(25)24-11-7-9-13-26(24)27/h6-17,20,27-29H,18-19H2,1-5H3,(H,34,37)(H,35,39). The van der Waals surface area contributed by atoms with Crippen LogP contribution in [0.25, 0.3) is 11.1 Å². The number of hydrogen-bond acceptors (Lipinski definition) is 8. The van der Waals surface area contributed by atoms with Crippen LogP contribution in [0, 0.1) is 10.1 Å². The number of methoxy groups -OCH3 is 1. The molecular formula is C33H37N3O8. The summed E-state index contributed by atoms with van der Waals surface area (Å²) in [6.07, 6.45) is -1.63. The highest BCUT2D eigenvalue weighted by atomic mass is 16.6. The van der Waals surface area contributed by atoms with Gasteiger partial charge in [-0.05, 0) is 55.5 Å². The maximum absolute atomic E-state index is 13.6. The van der Waals surface area contributed by atoms with Crippen LogP contribution in [0.15, 0.2) is 72.8 Å². The fourth-order valence-electron chi connectivity index (χ4n) is 5.38. The van der Waals surface area contributed by atoms with Crippen LogP contribution in [0.4, 0.5) is 10.5 Å². The lowest BCUT2D eigenvalue weighted by atomic mass is 9.98. The van der Waals surface area contributed by atoms with Gasteiger partial charge in [0.25, 0.3) is 5.69 Å². The average Bonchev–Trinajstić information content (AvgIpc) is 3.30. The number of nitrogens with one attached hydrogen (secondary N) is 2. The predicted octanol–water partition coefficient (Wildman–Crippen LogP) is 4.91. The van der Waals surface area contributed by atoms with Crippen LogP contribution in [0.3, 0.4) is 0 Å². The number of ether oxygens (including phenoxy) is 3. The zero-order valence-electron chi connectivity index (χ0n) is 25.4. The number of carbonyl (C=O) groups excluding carboxylic acids is 3. The first-order valence-electron chi connectivity index (χ1n) is 14.3. The molecule has 3 atom stereocenters. The molecule has 2 amide bonds. The topological polar surface area (TPSA) is 146 Å². The smallest absolute Gasteiger partial charge is 0.407 e. The third-order valence-corrected chi connectivity index (χ3v) is 7.30. The third kappa shape index (κ3) is 7.78. The molecule has 0 heterocycles. The van der Waals surface area contributed by atoms with Crippen LogP contribution in [0.5, 0.6) is 0 Å². The molecule has 0 aromatic heterocycles. The van der Waals surface area contributed by atoms with Crippen LogP contribution in [0.1, 0.15) is 50.3 Å². The molecule has 44 heavy (non-hydrogen) atoms. The van der Waals surface area contributed by atoms with Gasteiger partial charge in [-0.15, -0.1) is 0 Å². The highest BCUT2D eigenvalue weighted by molar-refractivity contribution is 5.90. The Balaban J connectivity index is 1.49. The van der Waals surface area contributed by atoms with Crippen molar-refractivity contribution in [2.75, 3.05) is 13.7 Å². The molecule has 232 valence electrons. The molecule has 11 nitrogen and oxygen atoms in total. The first-order chi connectivity index (χ1) is 20.9. The van der Waals surface area contributed by atoms with Crippen molar-refractivity contribution in [2.24, 2.45) is 0 Å². The Labute approximate surface area is 256 Å². The van der Waals surface area contributed by atoms with Crippen LogP contribution in [-0.2, 0) is 30.2 Å². The monoisotopic (exact) mass is 603 g/mol.